The number of nitrogens with one attached hydrogen (secondary N) is 1. The Labute approximate surface area is 122 Å². The SMILES string of the molecule is CCNc1cc(C(F)(F)F)cc(N2CC(C)OCC2C)n1. The molecule has 1 N–H and O–H groups in total. The normalized spacial score (nSPS) is 23.2. The van der Waals surface area contributed by atoms with Crippen LogP contribution in [0, 0.1) is 0 Å². The molecule has 0 bridgehead atoms. The van der Waals surface area contributed by atoms with Gasteiger partial charge in [-0.05, 0) is 32.9 Å². The minimum absolute atomic E-state index is 0.00772. The van der Waals surface area contributed by atoms with E-state index in [2.05, 4.69) is 10.3 Å². The van der Waals surface area contributed by atoms with E-state index in [9.17, 15) is 13.2 Å². The van der Waals surface area contributed by atoms with E-state index in [1.165, 1.54) is 0 Å². The summed E-state index contributed by atoms with van der Waals surface area (Å²) in [7, 11) is 0. The van der Waals surface area contributed by atoms with E-state index < -0.39 is 11.7 Å². The van der Waals surface area contributed by atoms with Crippen molar-refractivity contribution in [3.8, 4) is 0 Å². The second kappa shape index (κ2) is 6.09. The van der Waals surface area contributed by atoms with Gasteiger partial charge < -0.3 is 15.0 Å². The molecule has 1 aromatic heterocycles. The highest BCUT2D eigenvalue weighted by atomic mass is 19.4. The number of halogens is 3. The number of anilines is 2. The van der Waals surface area contributed by atoms with Crippen molar-refractivity contribution in [1.82, 2.24) is 4.98 Å². The van der Waals surface area contributed by atoms with Crippen molar-refractivity contribution in [3.63, 3.8) is 0 Å². The average Bonchev–Trinajstić information content (AvgIpc) is 2.40. The standard InChI is InChI=1S/C14H20F3N3O/c1-4-18-12-5-11(14(15,16)17)6-13(19-12)20-7-10(3)21-8-9(20)2/h5-6,9-10H,4,7-8H2,1-3H3,(H,18,19). The second-order valence-electron chi connectivity index (χ2n) is 5.27. The third-order valence-corrected chi connectivity index (χ3v) is 3.40. The van der Waals surface area contributed by atoms with Crippen LogP contribution in [0.1, 0.15) is 26.3 Å². The summed E-state index contributed by atoms with van der Waals surface area (Å²) in [6.45, 7) is 7.17. The molecule has 1 aliphatic heterocycles. The van der Waals surface area contributed by atoms with Crippen LogP contribution in [0.15, 0.2) is 12.1 Å². The predicted molar refractivity (Wildman–Crippen MR) is 75.6 cm³/mol. The Balaban J connectivity index is 2.39. The number of pyridine rings is 1. The molecule has 2 unspecified atom stereocenters. The van der Waals surface area contributed by atoms with Crippen molar-refractivity contribution >= 4 is 11.6 Å². The lowest BCUT2D eigenvalue weighted by Gasteiger charge is -2.38. The highest BCUT2D eigenvalue weighted by molar-refractivity contribution is 5.52. The first-order valence-corrected chi connectivity index (χ1v) is 7.02. The minimum Gasteiger partial charge on any atom is -0.375 e. The third-order valence-electron chi connectivity index (χ3n) is 3.40. The quantitative estimate of drug-likeness (QED) is 0.931. The lowest BCUT2D eigenvalue weighted by Crippen LogP contribution is -2.47. The van der Waals surface area contributed by atoms with Gasteiger partial charge in [-0.2, -0.15) is 13.2 Å². The summed E-state index contributed by atoms with van der Waals surface area (Å²) in [5.41, 5.74) is -0.685. The van der Waals surface area contributed by atoms with Crippen LogP contribution < -0.4 is 10.2 Å². The molecule has 0 amide bonds. The number of aromatic nitrogens is 1. The van der Waals surface area contributed by atoms with Crippen LogP contribution in [0.4, 0.5) is 24.8 Å². The average molecular weight is 303 g/mol. The fourth-order valence-electron chi connectivity index (χ4n) is 2.32. The number of rotatable bonds is 3. The molecular formula is C14H20F3N3O. The summed E-state index contributed by atoms with van der Waals surface area (Å²) in [6, 6.07) is 2.14. The number of morpholine rings is 1. The maximum absolute atomic E-state index is 13.0. The highest BCUT2D eigenvalue weighted by Crippen LogP contribution is 2.33. The largest absolute Gasteiger partial charge is 0.416 e. The first-order valence-electron chi connectivity index (χ1n) is 7.02. The van der Waals surface area contributed by atoms with E-state index in [1.807, 2.05) is 25.7 Å². The number of alkyl halides is 3. The summed E-state index contributed by atoms with van der Waals surface area (Å²) < 4.78 is 44.6. The Bertz CT molecular complexity index is 493. The highest BCUT2D eigenvalue weighted by Gasteiger charge is 2.33. The van der Waals surface area contributed by atoms with Crippen LogP contribution in [-0.4, -0.2) is 36.8 Å². The first kappa shape index (κ1) is 15.9. The summed E-state index contributed by atoms with van der Waals surface area (Å²) in [5, 5.41) is 2.86. The molecule has 0 aliphatic carbocycles. The predicted octanol–water partition coefficient (Wildman–Crippen LogP) is 3.15. The van der Waals surface area contributed by atoms with Crippen LogP contribution >= 0.6 is 0 Å². The molecule has 2 rings (SSSR count). The number of hydrogen-bond donors (Lipinski definition) is 1. The van der Waals surface area contributed by atoms with E-state index in [4.69, 9.17) is 4.74 Å². The van der Waals surface area contributed by atoms with E-state index in [1.54, 1.807) is 0 Å². The molecule has 2 atom stereocenters. The Kier molecular flexibility index (Phi) is 4.61. The Morgan fingerprint density at radius 1 is 1.38 bits per heavy atom. The summed E-state index contributed by atoms with van der Waals surface area (Å²) in [5.74, 6) is 0.581. The zero-order chi connectivity index (χ0) is 15.6. The second-order valence-corrected chi connectivity index (χ2v) is 5.27. The topological polar surface area (TPSA) is 37.4 Å². The molecule has 1 aromatic rings. The van der Waals surface area contributed by atoms with Crippen LogP contribution in [0.5, 0.6) is 0 Å². The van der Waals surface area contributed by atoms with Crippen molar-refractivity contribution in [3.05, 3.63) is 17.7 Å². The van der Waals surface area contributed by atoms with Gasteiger partial charge in [0.05, 0.1) is 24.3 Å². The van der Waals surface area contributed by atoms with Gasteiger partial charge in [0, 0.05) is 13.1 Å². The van der Waals surface area contributed by atoms with Crippen molar-refractivity contribution in [2.45, 2.75) is 39.1 Å². The molecule has 0 aromatic carbocycles. The maximum atomic E-state index is 13.0. The number of hydrogen-bond acceptors (Lipinski definition) is 4. The van der Waals surface area contributed by atoms with E-state index in [-0.39, 0.29) is 18.0 Å². The molecule has 2 heterocycles. The van der Waals surface area contributed by atoms with Gasteiger partial charge in [-0.1, -0.05) is 0 Å². The van der Waals surface area contributed by atoms with Crippen LogP contribution in [0.2, 0.25) is 0 Å². The Hall–Kier alpha value is -1.50. The number of nitrogens with zero attached hydrogens (tertiary/aromatic N) is 2. The molecule has 1 aliphatic rings. The van der Waals surface area contributed by atoms with Crippen LogP contribution in [0.25, 0.3) is 0 Å². The molecule has 0 radical (unpaired) electrons. The molecule has 0 spiro atoms. The smallest absolute Gasteiger partial charge is 0.375 e. The summed E-state index contributed by atoms with van der Waals surface area (Å²) in [4.78, 5) is 6.17. The van der Waals surface area contributed by atoms with Crippen LogP contribution in [-0.2, 0) is 10.9 Å². The van der Waals surface area contributed by atoms with Gasteiger partial charge in [0.25, 0.3) is 0 Å². The van der Waals surface area contributed by atoms with Gasteiger partial charge in [-0.15, -0.1) is 0 Å². The molecule has 1 fully saturated rings. The maximum Gasteiger partial charge on any atom is 0.416 e. The molecular weight excluding hydrogens is 283 g/mol. The Morgan fingerprint density at radius 2 is 2.10 bits per heavy atom. The first-order chi connectivity index (χ1) is 9.81. The zero-order valence-electron chi connectivity index (χ0n) is 12.4. The minimum atomic E-state index is -4.39. The Morgan fingerprint density at radius 3 is 2.71 bits per heavy atom. The van der Waals surface area contributed by atoms with Crippen molar-refractivity contribution < 1.29 is 17.9 Å². The molecule has 7 heteroatoms. The van der Waals surface area contributed by atoms with Crippen molar-refractivity contribution in [2.75, 3.05) is 29.9 Å². The molecule has 21 heavy (non-hydrogen) atoms. The van der Waals surface area contributed by atoms with Gasteiger partial charge >= 0.3 is 6.18 Å². The fourth-order valence-corrected chi connectivity index (χ4v) is 2.32. The number of ether oxygens (including phenoxy) is 1. The van der Waals surface area contributed by atoms with Crippen LogP contribution in [0.3, 0.4) is 0 Å². The summed E-state index contributed by atoms with van der Waals surface area (Å²) in [6.07, 6.45) is -4.41. The van der Waals surface area contributed by atoms with E-state index in [0.717, 1.165) is 12.1 Å². The summed E-state index contributed by atoms with van der Waals surface area (Å²) >= 11 is 0. The van der Waals surface area contributed by atoms with Gasteiger partial charge in [0.15, 0.2) is 0 Å². The van der Waals surface area contributed by atoms with E-state index in [0.29, 0.717) is 25.5 Å². The lowest BCUT2D eigenvalue weighted by atomic mass is 10.1. The molecule has 118 valence electrons. The van der Waals surface area contributed by atoms with Crippen molar-refractivity contribution in [2.24, 2.45) is 0 Å². The molecule has 4 nitrogen and oxygen atoms in total. The third kappa shape index (κ3) is 3.78. The van der Waals surface area contributed by atoms with E-state index >= 15 is 0 Å². The van der Waals surface area contributed by atoms with Gasteiger partial charge in [-0.3, -0.25) is 0 Å². The zero-order valence-corrected chi connectivity index (χ0v) is 12.4. The molecule has 1 saturated heterocycles. The van der Waals surface area contributed by atoms with Gasteiger partial charge in [0.2, 0.25) is 0 Å². The van der Waals surface area contributed by atoms with Gasteiger partial charge in [0.1, 0.15) is 11.6 Å². The molecule has 0 saturated carbocycles. The van der Waals surface area contributed by atoms with Gasteiger partial charge in [-0.25, -0.2) is 4.98 Å². The lowest BCUT2D eigenvalue weighted by molar-refractivity contribution is -0.137. The van der Waals surface area contributed by atoms with Crippen molar-refractivity contribution in [1.29, 1.82) is 0 Å². The monoisotopic (exact) mass is 303 g/mol. The fraction of sp³-hybridized carbons (Fsp3) is 0.643.